The van der Waals surface area contributed by atoms with Gasteiger partial charge in [0.1, 0.15) is 0 Å². The minimum absolute atomic E-state index is 1.01. The van der Waals surface area contributed by atoms with Gasteiger partial charge in [0.15, 0.2) is 0 Å². The molecule has 4 aromatic carbocycles. The molecule has 0 aliphatic rings. The first-order chi connectivity index (χ1) is 16.4. The van der Waals surface area contributed by atoms with Gasteiger partial charge in [-0.25, -0.2) is 0 Å². The Morgan fingerprint density at radius 1 is 0.545 bits per heavy atom. The molecule has 5 aromatic rings. The molecule has 0 aliphatic heterocycles. The Morgan fingerprint density at radius 3 is 1.42 bits per heavy atom. The number of nitrogens with zero attached hydrogens (tertiary/aromatic N) is 1. The van der Waals surface area contributed by atoms with Crippen LogP contribution in [0.25, 0.3) is 11.8 Å². The third kappa shape index (κ3) is 4.54. The lowest BCUT2D eigenvalue weighted by atomic mass is 10.2. The van der Waals surface area contributed by atoms with Gasteiger partial charge in [-0.15, -0.1) is 11.3 Å². The smallest absolute Gasteiger partial charge is 0.0803 e. The molecule has 0 saturated carbocycles. The monoisotopic (exact) mass is 461 g/mol. The van der Waals surface area contributed by atoms with Crippen LogP contribution in [0.4, 0.5) is 0 Å². The maximum Gasteiger partial charge on any atom is 0.0803 e. The van der Waals surface area contributed by atoms with Crippen molar-refractivity contribution in [3.05, 3.63) is 149 Å². The predicted molar refractivity (Wildman–Crippen MR) is 146 cm³/mol. The van der Waals surface area contributed by atoms with Crippen molar-refractivity contribution < 1.29 is 0 Å². The van der Waals surface area contributed by atoms with E-state index in [9.17, 15) is 0 Å². The Balaban J connectivity index is 1.90. The summed E-state index contributed by atoms with van der Waals surface area (Å²) in [7, 11) is -2.32. The second-order valence-corrected chi connectivity index (χ2v) is 11.6. The standard InChI is InChI=1S/C30H24NPS/c1-5-14-25(15-6-1)24-29(30-22-13-23-33-30)31-32(26-16-7-2-8-17-26,27-18-9-3-10-19-27)28-20-11-4-12-21-28/h1-24H/b29-24+. The van der Waals surface area contributed by atoms with Crippen molar-refractivity contribution in [3.63, 3.8) is 0 Å². The minimum Gasteiger partial charge on any atom is -0.252 e. The third-order valence-electron chi connectivity index (χ3n) is 5.52. The summed E-state index contributed by atoms with van der Waals surface area (Å²) in [5.41, 5.74) is 2.16. The van der Waals surface area contributed by atoms with E-state index in [1.165, 1.54) is 20.8 Å². The van der Waals surface area contributed by atoms with Crippen molar-refractivity contribution in [2.75, 3.05) is 0 Å². The van der Waals surface area contributed by atoms with Crippen LogP contribution in [-0.4, -0.2) is 0 Å². The van der Waals surface area contributed by atoms with Gasteiger partial charge in [-0.3, -0.25) is 4.74 Å². The molecule has 0 spiro atoms. The summed E-state index contributed by atoms with van der Waals surface area (Å²) in [6, 6.07) is 47.1. The molecular formula is C30H24NPS. The zero-order valence-corrected chi connectivity index (χ0v) is 19.9. The van der Waals surface area contributed by atoms with Crippen LogP contribution < -0.4 is 15.9 Å². The molecular weight excluding hydrogens is 437 g/mol. The summed E-state index contributed by atoms with van der Waals surface area (Å²) < 4.78 is 5.74. The highest BCUT2D eigenvalue weighted by molar-refractivity contribution is 7.87. The van der Waals surface area contributed by atoms with Gasteiger partial charge < -0.3 is 0 Å². The van der Waals surface area contributed by atoms with E-state index in [0.29, 0.717) is 0 Å². The predicted octanol–water partition coefficient (Wildman–Crippen LogP) is 7.42. The molecule has 0 atom stereocenters. The lowest BCUT2D eigenvalue weighted by molar-refractivity contribution is 1.60. The first-order valence-corrected chi connectivity index (χ1v) is 13.6. The minimum atomic E-state index is -2.32. The van der Waals surface area contributed by atoms with Gasteiger partial charge >= 0.3 is 0 Å². The Labute approximate surface area is 199 Å². The molecule has 0 aliphatic carbocycles. The molecule has 0 amide bonds. The molecule has 33 heavy (non-hydrogen) atoms. The topological polar surface area (TPSA) is 12.4 Å². The van der Waals surface area contributed by atoms with E-state index in [2.05, 4.69) is 145 Å². The van der Waals surface area contributed by atoms with E-state index in [-0.39, 0.29) is 0 Å². The average molecular weight is 462 g/mol. The van der Waals surface area contributed by atoms with Crippen molar-refractivity contribution in [3.8, 4) is 0 Å². The molecule has 0 saturated heterocycles. The fourth-order valence-electron chi connectivity index (χ4n) is 3.99. The van der Waals surface area contributed by atoms with Gasteiger partial charge in [-0.05, 0) is 23.1 Å². The molecule has 0 fully saturated rings. The van der Waals surface area contributed by atoms with Gasteiger partial charge in [-0.2, -0.15) is 0 Å². The summed E-state index contributed by atoms with van der Waals surface area (Å²) in [6.07, 6.45) is 2.22. The van der Waals surface area contributed by atoms with E-state index in [0.717, 1.165) is 11.3 Å². The van der Waals surface area contributed by atoms with Crippen LogP contribution in [-0.2, 0) is 0 Å². The lowest BCUT2D eigenvalue weighted by Gasteiger charge is -2.27. The molecule has 1 nitrogen and oxygen atoms in total. The van der Waals surface area contributed by atoms with Crippen LogP contribution in [0.15, 0.2) is 144 Å². The maximum absolute atomic E-state index is 5.74. The van der Waals surface area contributed by atoms with E-state index in [1.807, 2.05) is 0 Å². The third-order valence-corrected chi connectivity index (χ3v) is 10.1. The van der Waals surface area contributed by atoms with Crippen LogP contribution in [0.5, 0.6) is 0 Å². The van der Waals surface area contributed by atoms with Gasteiger partial charge in [0.05, 0.1) is 17.6 Å². The fraction of sp³-hybridized carbons (Fsp3) is 0. The van der Waals surface area contributed by atoms with Crippen LogP contribution in [0.3, 0.4) is 0 Å². The Hall–Kier alpha value is -3.45. The van der Waals surface area contributed by atoms with Crippen LogP contribution >= 0.6 is 18.4 Å². The lowest BCUT2D eigenvalue weighted by Crippen LogP contribution is -2.25. The highest BCUT2D eigenvalue weighted by Gasteiger charge is 2.28. The van der Waals surface area contributed by atoms with Gasteiger partial charge in [-0.1, -0.05) is 127 Å². The van der Waals surface area contributed by atoms with Gasteiger partial charge in [0.2, 0.25) is 0 Å². The number of hydrogen-bond donors (Lipinski definition) is 0. The molecule has 5 rings (SSSR count). The molecule has 0 N–H and O–H groups in total. The molecule has 0 radical (unpaired) electrons. The molecule has 0 unspecified atom stereocenters. The van der Waals surface area contributed by atoms with E-state index < -0.39 is 7.05 Å². The second-order valence-electron chi connectivity index (χ2n) is 7.66. The molecule has 1 aromatic heterocycles. The number of benzene rings is 4. The SMILES string of the molecule is C(=C(\N=P(c1ccccc1)(c1ccccc1)c1ccccc1)c1cccs1)/c1ccccc1. The summed E-state index contributed by atoms with van der Waals surface area (Å²) in [5.74, 6) is 0. The van der Waals surface area contributed by atoms with E-state index in [1.54, 1.807) is 11.3 Å². The maximum atomic E-state index is 5.74. The quantitative estimate of drug-likeness (QED) is 0.233. The number of thiophene rings is 1. The highest BCUT2D eigenvalue weighted by atomic mass is 32.1. The Kier molecular flexibility index (Phi) is 6.48. The normalized spacial score (nSPS) is 11.8. The largest absolute Gasteiger partial charge is 0.252 e. The van der Waals surface area contributed by atoms with E-state index in [4.69, 9.17) is 4.74 Å². The van der Waals surface area contributed by atoms with Crippen molar-refractivity contribution in [2.24, 2.45) is 4.74 Å². The summed E-state index contributed by atoms with van der Waals surface area (Å²) >= 11 is 1.73. The highest BCUT2D eigenvalue weighted by Crippen LogP contribution is 2.49. The van der Waals surface area contributed by atoms with Crippen molar-refractivity contribution in [1.29, 1.82) is 0 Å². The molecule has 3 heteroatoms. The zero-order chi connectivity index (χ0) is 22.3. The summed E-state index contributed by atoms with van der Waals surface area (Å²) in [5, 5.41) is 5.87. The molecule has 160 valence electrons. The molecule has 0 bridgehead atoms. The van der Waals surface area contributed by atoms with Crippen molar-refractivity contribution in [1.82, 2.24) is 0 Å². The average Bonchev–Trinajstić information content (AvgIpc) is 3.44. The van der Waals surface area contributed by atoms with Crippen molar-refractivity contribution >= 4 is 46.1 Å². The first-order valence-electron chi connectivity index (χ1n) is 11.0. The second kappa shape index (κ2) is 10.0. The van der Waals surface area contributed by atoms with Crippen LogP contribution in [0.2, 0.25) is 0 Å². The van der Waals surface area contributed by atoms with Gasteiger partial charge in [0, 0.05) is 15.9 Å². The first kappa shape index (κ1) is 21.4. The number of rotatable bonds is 6. The number of hydrogen-bond acceptors (Lipinski definition) is 2. The van der Waals surface area contributed by atoms with Crippen molar-refractivity contribution in [2.45, 2.75) is 0 Å². The fourth-order valence-corrected chi connectivity index (χ4v) is 8.29. The van der Waals surface area contributed by atoms with Crippen LogP contribution in [0.1, 0.15) is 10.4 Å². The summed E-state index contributed by atoms with van der Waals surface area (Å²) in [4.78, 5) is 1.17. The Bertz CT molecular complexity index is 1270. The summed E-state index contributed by atoms with van der Waals surface area (Å²) in [6.45, 7) is 0. The molecule has 1 heterocycles. The van der Waals surface area contributed by atoms with Crippen LogP contribution in [0, 0.1) is 0 Å². The zero-order valence-electron chi connectivity index (χ0n) is 18.2. The Morgan fingerprint density at radius 2 is 1.00 bits per heavy atom. The van der Waals surface area contributed by atoms with E-state index >= 15 is 0 Å². The van der Waals surface area contributed by atoms with Gasteiger partial charge in [0.25, 0.3) is 0 Å².